The summed E-state index contributed by atoms with van der Waals surface area (Å²) >= 11 is 0. The van der Waals surface area contributed by atoms with Crippen molar-refractivity contribution in [1.29, 1.82) is 0 Å². The van der Waals surface area contributed by atoms with Crippen LogP contribution < -0.4 is 0 Å². The summed E-state index contributed by atoms with van der Waals surface area (Å²) in [6, 6.07) is 0. The monoisotopic (exact) mass is 272 g/mol. The minimum atomic E-state index is -1.79. The largest absolute Gasteiger partial charge is 0.432 e. The van der Waals surface area contributed by atoms with Gasteiger partial charge < -0.3 is 50.4 Å². The van der Waals surface area contributed by atoms with Gasteiger partial charge in [0.1, 0.15) is 24.4 Å². The molecule has 0 aromatic carbocycles. The van der Waals surface area contributed by atoms with E-state index in [1.165, 1.54) is 0 Å². The number of hydrogen-bond donors (Lipinski definition) is 9. The topological polar surface area (TPSA) is 199 Å². The number of hydrogen-bond acceptors (Lipinski definition) is 10. The summed E-state index contributed by atoms with van der Waals surface area (Å²) in [5.41, 5.74) is 0. The molecule has 0 unspecified atom stereocenters. The molecular formula is C6H18B2O10. The van der Waals surface area contributed by atoms with Crippen LogP contribution in [0.25, 0.3) is 0 Å². The lowest BCUT2D eigenvalue weighted by atomic mass is 10.0. The molecule has 0 aromatic rings. The van der Waals surface area contributed by atoms with E-state index in [0.717, 1.165) is 0 Å². The molecule has 0 aromatic heterocycles. The molecule has 12 heteroatoms. The van der Waals surface area contributed by atoms with Crippen LogP contribution in [0.2, 0.25) is 0 Å². The van der Waals surface area contributed by atoms with Gasteiger partial charge in [-0.05, 0) is 0 Å². The second-order valence-corrected chi connectivity index (χ2v) is 2.64. The van der Waals surface area contributed by atoms with E-state index >= 15 is 0 Å². The van der Waals surface area contributed by atoms with Crippen molar-refractivity contribution in [3.8, 4) is 0 Å². The van der Waals surface area contributed by atoms with Crippen LogP contribution >= 0.6 is 0 Å². The van der Waals surface area contributed by atoms with Crippen molar-refractivity contribution in [2.45, 2.75) is 24.4 Å². The highest BCUT2D eigenvalue weighted by molar-refractivity contribution is 6.13. The first-order chi connectivity index (χ1) is 8.37. The number of carbonyl (C=O) groups excluding carboxylic acids is 1. The molecule has 0 radical (unpaired) electrons. The van der Waals surface area contributed by atoms with E-state index in [2.05, 4.69) is 0 Å². The number of aliphatic hydroxyl groups excluding tert-OH is 5. The van der Waals surface area contributed by atoms with E-state index < -0.39 is 46.4 Å². The quantitative estimate of drug-likeness (QED) is 0.171. The standard InChI is InChI=1S/C6H12O6.2BH3O2/c7-1-3(9)5(11)6(12)4(10)2-8;2*2-1-3/h1,3-6,8-12H,2H2;2*1-3H/t3-,4+,5+,6+;;/m0../s1. The predicted octanol–water partition coefficient (Wildman–Crippen LogP) is -6.90. The molecule has 9 N–H and O–H groups in total. The summed E-state index contributed by atoms with van der Waals surface area (Å²) < 4.78 is 0. The van der Waals surface area contributed by atoms with Crippen LogP contribution in [-0.2, 0) is 4.79 Å². The van der Waals surface area contributed by atoms with Gasteiger partial charge in [0, 0.05) is 0 Å². The minimum Gasteiger partial charge on any atom is -0.430 e. The minimum absolute atomic E-state index is 0.0258. The molecule has 18 heavy (non-hydrogen) atoms. The van der Waals surface area contributed by atoms with E-state index in [4.69, 9.17) is 45.6 Å². The molecule has 0 amide bonds. The first-order valence-corrected chi connectivity index (χ1v) is 4.59. The van der Waals surface area contributed by atoms with E-state index in [0.29, 0.717) is 0 Å². The third kappa shape index (κ3) is 13.5. The van der Waals surface area contributed by atoms with Crippen LogP contribution in [-0.4, -0.2) is 98.3 Å². The summed E-state index contributed by atoms with van der Waals surface area (Å²) in [5.74, 6) is 0. The molecule has 0 rings (SSSR count). The first-order valence-electron chi connectivity index (χ1n) is 4.59. The Labute approximate surface area is 104 Å². The van der Waals surface area contributed by atoms with E-state index in [9.17, 15) is 4.79 Å². The van der Waals surface area contributed by atoms with Crippen molar-refractivity contribution >= 4 is 21.7 Å². The maximum atomic E-state index is 9.90. The van der Waals surface area contributed by atoms with E-state index in [1.807, 2.05) is 0 Å². The average molecular weight is 272 g/mol. The summed E-state index contributed by atoms with van der Waals surface area (Å²) in [4.78, 5) is 9.90. The summed E-state index contributed by atoms with van der Waals surface area (Å²) in [5, 5.41) is 72.0. The molecule has 0 fully saturated rings. The van der Waals surface area contributed by atoms with Crippen LogP contribution in [0.3, 0.4) is 0 Å². The van der Waals surface area contributed by atoms with Crippen LogP contribution in [0.5, 0.6) is 0 Å². The van der Waals surface area contributed by atoms with Gasteiger partial charge in [-0.15, -0.1) is 0 Å². The maximum absolute atomic E-state index is 9.90. The zero-order valence-corrected chi connectivity index (χ0v) is 9.44. The van der Waals surface area contributed by atoms with Crippen molar-refractivity contribution in [3.63, 3.8) is 0 Å². The van der Waals surface area contributed by atoms with Gasteiger partial charge in [-0.3, -0.25) is 0 Å². The fourth-order valence-electron chi connectivity index (χ4n) is 0.618. The average Bonchev–Trinajstić information content (AvgIpc) is 2.36. The van der Waals surface area contributed by atoms with Gasteiger partial charge in [-0.2, -0.15) is 0 Å². The Kier molecular flexibility index (Phi) is 20.6. The first kappa shape index (κ1) is 22.6. The summed E-state index contributed by atoms with van der Waals surface area (Å²) in [6.45, 7) is -0.760. The normalized spacial score (nSPS) is 15.6. The second-order valence-electron chi connectivity index (χ2n) is 2.64. The predicted molar refractivity (Wildman–Crippen MR) is 60.4 cm³/mol. The molecule has 0 saturated heterocycles. The summed E-state index contributed by atoms with van der Waals surface area (Å²) in [6.07, 6.45) is -6.84. The van der Waals surface area contributed by atoms with Crippen molar-refractivity contribution in [3.05, 3.63) is 0 Å². The van der Waals surface area contributed by atoms with Gasteiger partial charge in [0.2, 0.25) is 0 Å². The highest BCUT2D eigenvalue weighted by atomic mass is 16.4. The van der Waals surface area contributed by atoms with E-state index in [-0.39, 0.29) is 6.29 Å². The van der Waals surface area contributed by atoms with Crippen molar-refractivity contribution in [1.82, 2.24) is 0 Å². The maximum Gasteiger partial charge on any atom is 0.432 e. The van der Waals surface area contributed by atoms with E-state index in [1.54, 1.807) is 0 Å². The number of aliphatic hydroxyl groups is 5. The smallest absolute Gasteiger partial charge is 0.430 e. The highest BCUT2D eigenvalue weighted by Crippen LogP contribution is 2.02. The third-order valence-electron chi connectivity index (χ3n) is 1.42. The highest BCUT2D eigenvalue weighted by Gasteiger charge is 2.29. The van der Waals surface area contributed by atoms with Gasteiger partial charge in [0.05, 0.1) is 6.61 Å². The Balaban J connectivity index is -0.000000315. The van der Waals surface area contributed by atoms with Crippen molar-refractivity contribution in [2.75, 3.05) is 6.61 Å². The zero-order valence-electron chi connectivity index (χ0n) is 9.44. The van der Waals surface area contributed by atoms with Crippen molar-refractivity contribution < 1.29 is 50.4 Å². The van der Waals surface area contributed by atoms with Crippen molar-refractivity contribution in [2.24, 2.45) is 0 Å². The van der Waals surface area contributed by atoms with Crippen LogP contribution in [0, 0.1) is 0 Å². The molecule has 108 valence electrons. The molecule has 0 aliphatic carbocycles. The zero-order chi connectivity index (χ0) is 15.1. The number of rotatable bonds is 5. The Hall–Kier alpha value is -0.560. The molecule has 0 aliphatic heterocycles. The molecular weight excluding hydrogens is 254 g/mol. The lowest BCUT2D eigenvalue weighted by Crippen LogP contribution is -2.46. The lowest BCUT2D eigenvalue weighted by molar-refractivity contribution is -0.136. The molecule has 0 aliphatic rings. The Bertz CT molecular complexity index is 170. The second kappa shape index (κ2) is 16.4. The molecule has 0 spiro atoms. The molecule has 0 heterocycles. The fraction of sp³-hybridized carbons (Fsp3) is 0.833. The molecule has 0 saturated carbocycles. The molecule has 4 atom stereocenters. The Morgan fingerprint density at radius 1 is 0.889 bits per heavy atom. The van der Waals surface area contributed by atoms with Gasteiger partial charge in [0.25, 0.3) is 0 Å². The Morgan fingerprint density at radius 2 is 1.22 bits per heavy atom. The van der Waals surface area contributed by atoms with Crippen LogP contribution in [0.4, 0.5) is 0 Å². The molecule has 0 bridgehead atoms. The number of aldehydes is 1. The van der Waals surface area contributed by atoms with Crippen LogP contribution in [0.1, 0.15) is 0 Å². The molecule has 10 nitrogen and oxygen atoms in total. The number of carbonyl (C=O) groups is 1. The fourth-order valence-corrected chi connectivity index (χ4v) is 0.618. The van der Waals surface area contributed by atoms with Gasteiger partial charge in [-0.1, -0.05) is 0 Å². The van der Waals surface area contributed by atoms with Gasteiger partial charge in [-0.25, -0.2) is 0 Å². The Morgan fingerprint density at radius 3 is 1.44 bits per heavy atom. The van der Waals surface area contributed by atoms with Crippen LogP contribution in [0.15, 0.2) is 0 Å². The SMILES string of the molecule is O=C[C@H](O)[C@@H](O)[C@H](O)[C@H](O)CO.OBO.OBO. The lowest BCUT2D eigenvalue weighted by Gasteiger charge is -2.22. The third-order valence-corrected chi connectivity index (χ3v) is 1.42. The van der Waals surface area contributed by atoms with Gasteiger partial charge in [0.15, 0.2) is 6.29 Å². The summed E-state index contributed by atoms with van der Waals surface area (Å²) in [7, 11) is -1.50. The van der Waals surface area contributed by atoms with Gasteiger partial charge >= 0.3 is 15.4 Å².